The predicted octanol–water partition coefficient (Wildman–Crippen LogP) is 2.95. The number of amides is 1. The summed E-state index contributed by atoms with van der Waals surface area (Å²) < 4.78 is 28.9. The van der Waals surface area contributed by atoms with Crippen molar-refractivity contribution in [3.8, 4) is 0 Å². The number of halogens is 3. The zero-order valence-electron chi connectivity index (χ0n) is 14.2. The summed E-state index contributed by atoms with van der Waals surface area (Å²) in [5.41, 5.74) is 1.13. The van der Waals surface area contributed by atoms with E-state index in [1.165, 1.54) is 12.3 Å². The van der Waals surface area contributed by atoms with Crippen molar-refractivity contribution in [1.29, 1.82) is 0 Å². The lowest BCUT2D eigenvalue weighted by Crippen LogP contribution is -2.25. The second-order valence-electron chi connectivity index (χ2n) is 5.85. The number of aromatic nitrogens is 5. The van der Waals surface area contributed by atoms with E-state index in [2.05, 4.69) is 20.5 Å². The molecule has 0 aromatic carbocycles. The maximum absolute atomic E-state index is 13.1. The third kappa shape index (κ3) is 3.67. The van der Waals surface area contributed by atoms with E-state index in [4.69, 9.17) is 11.6 Å². The average Bonchev–Trinajstić information content (AvgIpc) is 3.14. The van der Waals surface area contributed by atoms with Crippen LogP contribution in [0, 0.1) is 13.8 Å². The van der Waals surface area contributed by atoms with Crippen LogP contribution in [0.4, 0.5) is 8.78 Å². The number of alkyl halides is 2. The molecule has 7 nitrogen and oxygen atoms in total. The second-order valence-corrected chi connectivity index (χ2v) is 6.26. The first-order valence-corrected chi connectivity index (χ1v) is 8.36. The summed E-state index contributed by atoms with van der Waals surface area (Å²) >= 11 is 5.94. The third-order valence-electron chi connectivity index (χ3n) is 3.83. The van der Waals surface area contributed by atoms with E-state index < -0.39 is 12.3 Å². The van der Waals surface area contributed by atoms with Crippen molar-refractivity contribution in [2.45, 2.75) is 33.2 Å². The summed E-state index contributed by atoms with van der Waals surface area (Å²) in [5, 5.41) is 11.4. The van der Waals surface area contributed by atoms with Crippen molar-refractivity contribution < 1.29 is 13.6 Å². The number of nitrogens with one attached hydrogen (secondary N) is 1. The molecule has 0 spiro atoms. The van der Waals surface area contributed by atoms with Crippen LogP contribution in [0.25, 0.3) is 5.65 Å². The molecule has 0 fully saturated rings. The van der Waals surface area contributed by atoms with Crippen molar-refractivity contribution in [2.24, 2.45) is 0 Å². The number of hydrogen-bond acceptors (Lipinski definition) is 4. The fraction of sp³-hybridized carbons (Fsp3) is 0.375. The van der Waals surface area contributed by atoms with Gasteiger partial charge in [0, 0.05) is 25.0 Å². The van der Waals surface area contributed by atoms with E-state index in [1.807, 2.05) is 6.92 Å². The Balaban J connectivity index is 1.66. The molecule has 0 bridgehead atoms. The summed E-state index contributed by atoms with van der Waals surface area (Å²) in [5.74, 6) is -0.409. The minimum absolute atomic E-state index is 0.118. The van der Waals surface area contributed by atoms with Gasteiger partial charge in [0.25, 0.3) is 12.3 Å². The van der Waals surface area contributed by atoms with Crippen LogP contribution in [0.1, 0.15) is 40.3 Å². The van der Waals surface area contributed by atoms with Gasteiger partial charge < -0.3 is 5.32 Å². The molecule has 0 unspecified atom stereocenters. The van der Waals surface area contributed by atoms with Crippen molar-refractivity contribution >= 4 is 23.2 Å². The molecule has 0 saturated heterocycles. The van der Waals surface area contributed by atoms with E-state index in [1.54, 1.807) is 17.8 Å². The van der Waals surface area contributed by atoms with Crippen LogP contribution >= 0.6 is 11.6 Å². The van der Waals surface area contributed by atoms with Crippen LogP contribution < -0.4 is 5.32 Å². The highest BCUT2D eigenvalue weighted by atomic mass is 35.5. The first-order chi connectivity index (χ1) is 12.4. The van der Waals surface area contributed by atoms with Gasteiger partial charge in [-0.25, -0.2) is 18.3 Å². The zero-order valence-corrected chi connectivity index (χ0v) is 15.0. The summed E-state index contributed by atoms with van der Waals surface area (Å²) in [7, 11) is 0. The van der Waals surface area contributed by atoms with E-state index in [0.717, 1.165) is 10.2 Å². The molecule has 10 heteroatoms. The molecule has 3 heterocycles. The lowest BCUT2D eigenvalue weighted by atomic mass is 10.3. The SMILES string of the molecule is Cc1cc(C(F)F)n2ncc(C(=O)NCCCn3cc(Cl)c(C)n3)c2n1. The van der Waals surface area contributed by atoms with Gasteiger partial charge in [0.2, 0.25) is 0 Å². The number of fused-ring (bicyclic) bond motifs is 1. The molecule has 26 heavy (non-hydrogen) atoms. The standard InChI is InChI=1S/C16H17ClF2N6O/c1-9-6-13(14(18)19)25-15(22-9)11(7-21-25)16(26)20-4-3-5-24-8-12(17)10(2)23-24/h6-8,14H,3-5H2,1-2H3,(H,20,26). The summed E-state index contributed by atoms with van der Waals surface area (Å²) in [6, 6.07) is 1.25. The lowest BCUT2D eigenvalue weighted by molar-refractivity contribution is 0.0953. The van der Waals surface area contributed by atoms with Crippen LogP contribution in [0.5, 0.6) is 0 Å². The first kappa shape index (κ1) is 18.2. The van der Waals surface area contributed by atoms with Gasteiger partial charge in [-0.2, -0.15) is 10.2 Å². The number of rotatable bonds is 6. The van der Waals surface area contributed by atoms with Crippen LogP contribution in [0.2, 0.25) is 5.02 Å². The molecule has 0 aliphatic carbocycles. The Morgan fingerprint density at radius 2 is 2.15 bits per heavy atom. The van der Waals surface area contributed by atoms with Crippen LogP contribution in [0.15, 0.2) is 18.5 Å². The second kappa shape index (κ2) is 7.36. The zero-order chi connectivity index (χ0) is 18.8. The maximum atomic E-state index is 13.1. The lowest BCUT2D eigenvalue weighted by Gasteiger charge is -2.07. The Kier molecular flexibility index (Phi) is 5.17. The minimum atomic E-state index is -2.71. The third-order valence-corrected chi connectivity index (χ3v) is 4.20. The van der Waals surface area contributed by atoms with Crippen molar-refractivity contribution in [3.63, 3.8) is 0 Å². The number of carbonyl (C=O) groups is 1. The van der Waals surface area contributed by atoms with Crippen LogP contribution in [-0.2, 0) is 6.54 Å². The Labute approximate surface area is 153 Å². The molecule has 138 valence electrons. The fourth-order valence-corrected chi connectivity index (χ4v) is 2.73. The van der Waals surface area contributed by atoms with Gasteiger partial charge in [-0.1, -0.05) is 11.6 Å². The Bertz CT molecular complexity index is 932. The monoisotopic (exact) mass is 382 g/mol. The smallest absolute Gasteiger partial charge is 0.280 e. The molecule has 0 aliphatic rings. The predicted molar refractivity (Wildman–Crippen MR) is 91.6 cm³/mol. The Morgan fingerprint density at radius 3 is 2.81 bits per heavy atom. The van der Waals surface area contributed by atoms with Crippen LogP contribution in [-0.4, -0.2) is 36.8 Å². The highest BCUT2D eigenvalue weighted by Gasteiger charge is 2.20. The molecular formula is C16H17ClF2N6O. The summed E-state index contributed by atoms with van der Waals surface area (Å²) in [6.07, 6.45) is 0.901. The van der Waals surface area contributed by atoms with E-state index >= 15 is 0 Å². The van der Waals surface area contributed by atoms with Gasteiger partial charge in [-0.3, -0.25) is 9.48 Å². The highest BCUT2D eigenvalue weighted by Crippen LogP contribution is 2.21. The molecule has 3 aromatic rings. The quantitative estimate of drug-likeness (QED) is 0.665. The number of aryl methyl sites for hydroxylation is 3. The topological polar surface area (TPSA) is 77.1 Å². The van der Waals surface area contributed by atoms with Gasteiger partial charge in [-0.15, -0.1) is 0 Å². The fourth-order valence-electron chi connectivity index (χ4n) is 2.57. The largest absolute Gasteiger partial charge is 0.352 e. The van der Waals surface area contributed by atoms with Crippen molar-refractivity contribution in [1.82, 2.24) is 29.7 Å². The molecule has 3 aromatic heterocycles. The van der Waals surface area contributed by atoms with Gasteiger partial charge in [0.1, 0.15) is 11.3 Å². The summed E-state index contributed by atoms with van der Waals surface area (Å²) in [6.45, 7) is 4.39. The maximum Gasteiger partial charge on any atom is 0.280 e. The normalized spacial score (nSPS) is 11.5. The molecule has 0 atom stereocenters. The van der Waals surface area contributed by atoms with Gasteiger partial charge in [-0.05, 0) is 26.3 Å². The molecule has 0 aliphatic heterocycles. The molecular weight excluding hydrogens is 366 g/mol. The van der Waals surface area contributed by atoms with Crippen molar-refractivity contribution in [2.75, 3.05) is 6.54 Å². The molecule has 0 saturated carbocycles. The molecule has 1 N–H and O–H groups in total. The van der Waals surface area contributed by atoms with Gasteiger partial charge >= 0.3 is 0 Å². The van der Waals surface area contributed by atoms with E-state index in [9.17, 15) is 13.6 Å². The Hall–Kier alpha value is -2.55. The number of hydrogen-bond donors (Lipinski definition) is 1. The molecule has 3 rings (SSSR count). The van der Waals surface area contributed by atoms with E-state index in [0.29, 0.717) is 30.2 Å². The average molecular weight is 383 g/mol. The highest BCUT2D eigenvalue weighted by molar-refractivity contribution is 6.31. The van der Waals surface area contributed by atoms with Crippen LogP contribution in [0.3, 0.4) is 0 Å². The van der Waals surface area contributed by atoms with Gasteiger partial charge in [0.05, 0.1) is 16.9 Å². The van der Waals surface area contributed by atoms with Crippen molar-refractivity contribution in [3.05, 3.63) is 46.1 Å². The van der Waals surface area contributed by atoms with E-state index in [-0.39, 0.29) is 16.9 Å². The Morgan fingerprint density at radius 1 is 1.38 bits per heavy atom. The molecule has 1 amide bonds. The minimum Gasteiger partial charge on any atom is -0.352 e. The number of carbonyl (C=O) groups excluding carboxylic acids is 1. The molecule has 0 radical (unpaired) electrons. The summed E-state index contributed by atoms with van der Waals surface area (Å²) in [4.78, 5) is 16.5. The number of nitrogens with zero attached hydrogens (tertiary/aromatic N) is 5. The van der Waals surface area contributed by atoms with Gasteiger partial charge in [0.15, 0.2) is 5.65 Å². The first-order valence-electron chi connectivity index (χ1n) is 7.98.